The molecule has 0 radical (unpaired) electrons. The number of hydrogen-bond acceptors (Lipinski definition) is 2. The van der Waals surface area contributed by atoms with Crippen molar-refractivity contribution >= 4 is 15.9 Å². The minimum Gasteiger partial charge on any atom is -0.330 e. The third kappa shape index (κ3) is 3.53. The van der Waals surface area contributed by atoms with Gasteiger partial charge in [0.1, 0.15) is 5.82 Å². The first-order valence-corrected chi connectivity index (χ1v) is 7.38. The van der Waals surface area contributed by atoms with Crippen LogP contribution in [0.5, 0.6) is 0 Å². The van der Waals surface area contributed by atoms with Crippen molar-refractivity contribution in [1.29, 1.82) is 0 Å². The molecule has 1 unspecified atom stereocenters. The maximum atomic E-state index is 13.8. The van der Waals surface area contributed by atoms with Crippen LogP contribution < -0.4 is 5.73 Å². The van der Waals surface area contributed by atoms with Gasteiger partial charge in [-0.2, -0.15) is 0 Å². The van der Waals surface area contributed by atoms with Crippen LogP contribution in [-0.2, 0) is 6.54 Å². The number of nitrogens with zero attached hydrogens (tertiary/aromatic N) is 1. The summed E-state index contributed by atoms with van der Waals surface area (Å²) in [5, 5.41) is 0. The molecule has 0 spiro atoms. The van der Waals surface area contributed by atoms with Crippen LogP contribution in [0, 0.1) is 5.82 Å². The summed E-state index contributed by atoms with van der Waals surface area (Å²) >= 11 is 3.40. The first-order chi connectivity index (χ1) is 8.70. The molecule has 18 heavy (non-hydrogen) atoms. The standard InChI is InChI=1S/C14H20BrFN2/c15-12-4-5-14(16)11(9-12)10-18-8-2-1-3-13(18)6-7-17/h4-5,9,13H,1-3,6-8,10,17H2. The predicted octanol–water partition coefficient (Wildman–Crippen LogP) is 3.29. The van der Waals surface area contributed by atoms with Gasteiger partial charge in [0, 0.05) is 22.6 Å². The summed E-state index contributed by atoms with van der Waals surface area (Å²) in [6, 6.07) is 5.67. The molecule has 1 heterocycles. The molecular weight excluding hydrogens is 295 g/mol. The molecule has 1 aliphatic heterocycles. The van der Waals surface area contributed by atoms with Gasteiger partial charge >= 0.3 is 0 Å². The molecule has 1 aromatic carbocycles. The Morgan fingerprint density at radius 3 is 3.00 bits per heavy atom. The average molecular weight is 315 g/mol. The second-order valence-corrected chi connectivity index (χ2v) is 5.85. The molecule has 0 amide bonds. The van der Waals surface area contributed by atoms with E-state index in [2.05, 4.69) is 20.8 Å². The predicted molar refractivity (Wildman–Crippen MR) is 75.8 cm³/mol. The Morgan fingerprint density at radius 1 is 1.39 bits per heavy atom. The van der Waals surface area contributed by atoms with Gasteiger partial charge < -0.3 is 5.73 Å². The van der Waals surface area contributed by atoms with Gasteiger partial charge in [-0.05, 0) is 50.6 Å². The van der Waals surface area contributed by atoms with Crippen molar-refractivity contribution in [2.75, 3.05) is 13.1 Å². The zero-order valence-electron chi connectivity index (χ0n) is 10.5. The van der Waals surface area contributed by atoms with Gasteiger partial charge in [-0.25, -0.2) is 4.39 Å². The Balaban J connectivity index is 2.08. The van der Waals surface area contributed by atoms with Gasteiger partial charge in [-0.3, -0.25) is 4.90 Å². The lowest BCUT2D eigenvalue weighted by atomic mass is 9.98. The van der Waals surface area contributed by atoms with E-state index in [0.717, 1.165) is 23.0 Å². The topological polar surface area (TPSA) is 29.3 Å². The van der Waals surface area contributed by atoms with Crippen LogP contribution in [0.25, 0.3) is 0 Å². The zero-order chi connectivity index (χ0) is 13.0. The van der Waals surface area contributed by atoms with Crippen molar-refractivity contribution in [3.63, 3.8) is 0 Å². The van der Waals surface area contributed by atoms with Crippen molar-refractivity contribution < 1.29 is 4.39 Å². The fourth-order valence-corrected chi connectivity index (χ4v) is 3.08. The van der Waals surface area contributed by atoms with E-state index >= 15 is 0 Å². The summed E-state index contributed by atoms with van der Waals surface area (Å²) in [5.74, 6) is -0.115. The highest BCUT2D eigenvalue weighted by Gasteiger charge is 2.22. The second-order valence-electron chi connectivity index (χ2n) is 4.93. The SMILES string of the molecule is NCCC1CCCCN1Cc1cc(Br)ccc1F. The number of benzene rings is 1. The van der Waals surface area contributed by atoms with E-state index in [-0.39, 0.29) is 5.82 Å². The molecule has 1 fully saturated rings. The summed E-state index contributed by atoms with van der Waals surface area (Å²) < 4.78 is 14.7. The number of likely N-dealkylation sites (tertiary alicyclic amines) is 1. The summed E-state index contributed by atoms with van der Waals surface area (Å²) in [6.45, 7) is 2.45. The quantitative estimate of drug-likeness (QED) is 0.924. The lowest BCUT2D eigenvalue weighted by Gasteiger charge is -2.35. The number of halogens is 2. The van der Waals surface area contributed by atoms with E-state index in [9.17, 15) is 4.39 Å². The normalized spacial score (nSPS) is 21.2. The molecule has 2 nitrogen and oxygen atoms in total. The maximum Gasteiger partial charge on any atom is 0.127 e. The number of piperidine rings is 1. The van der Waals surface area contributed by atoms with Crippen LogP contribution in [0.1, 0.15) is 31.2 Å². The van der Waals surface area contributed by atoms with Gasteiger partial charge in [0.05, 0.1) is 0 Å². The first kappa shape index (κ1) is 14.0. The summed E-state index contributed by atoms with van der Waals surface area (Å²) in [4.78, 5) is 2.38. The van der Waals surface area contributed by atoms with Crippen LogP contribution in [0.4, 0.5) is 4.39 Å². The first-order valence-electron chi connectivity index (χ1n) is 6.58. The Hall–Kier alpha value is -0.450. The van der Waals surface area contributed by atoms with E-state index in [1.165, 1.54) is 25.3 Å². The van der Waals surface area contributed by atoms with Gasteiger partial charge in [-0.1, -0.05) is 22.4 Å². The zero-order valence-corrected chi connectivity index (χ0v) is 12.1. The maximum absolute atomic E-state index is 13.8. The van der Waals surface area contributed by atoms with Gasteiger partial charge in [0.2, 0.25) is 0 Å². The van der Waals surface area contributed by atoms with Gasteiger partial charge in [-0.15, -0.1) is 0 Å². The molecule has 4 heteroatoms. The molecular formula is C14H20BrFN2. The molecule has 1 aliphatic rings. The average Bonchev–Trinajstić information content (AvgIpc) is 2.36. The van der Waals surface area contributed by atoms with Crippen molar-refractivity contribution in [1.82, 2.24) is 4.90 Å². The van der Waals surface area contributed by atoms with E-state index < -0.39 is 0 Å². The van der Waals surface area contributed by atoms with Crippen LogP contribution in [-0.4, -0.2) is 24.0 Å². The molecule has 0 bridgehead atoms. The van der Waals surface area contributed by atoms with E-state index in [1.54, 1.807) is 6.07 Å². The monoisotopic (exact) mass is 314 g/mol. The fourth-order valence-electron chi connectivity index (χ4n) is 2.67. The highest BCUT2D eigenvalue weighted by atomic mass is 79.9. The largest absolute Gasteiger partial charge is 0.330 e. The van der Waals surface area contributed by atoms with E-state index in [4.69, 9.17) is 5.73 Å². The van der Waals surface area contributed by atoms with Crippen molar-refractivity contribution in [3.8, 4) is 0 Å². The number of nitrogens with two attached hydrogens (primary N) is 1. The van der Waals surface area contributed by atoms with Crippen LogP contribution in [0.15, 0.2) is 22.7 Å². The highest BCUT2D eigenvalue weighted by Crippen LogP contribution is 2.24. The third-order valence-corrected chi connectivity index (χ3v) is 4.12. The van der Waals surface area contributed by atoms with Crippen molar-refractivity contribution in [2.24, 2.45) is 5.73 Å². The minimum absolute atomic E-state index is 0.115. The summed E-state index contributed by atoms with van der Waals surface area (Å²) in [6.07, 6.45) is 4.67. The lowest BCUT2D eigenvalue weighted by Crippen LogP contribution is -2.40. The van der Waals surface area contributed by atoms with E-state index in [1.807, 2.05) is 6.07 Å². The summed E-state index contributed by atoms with van der Waals surface area (Å²) in [5.41, 5.74) is 6.43. The Labute approximate surface area is 116 Å². The Morgan fingerprint density at radius 2 is 2.22 bits per heavy atom. The molecule has 100 valence electrons. The van der Waals surface area contributed by atoms with Gasteiger partial charge in [0.15, 0.2) is 0 Å². The molecule has 2 N–H and O–H groups in total. The van der Waals surface area contributed by atoms with Gasteiger partial charge in [0.25, 0.3) is 0 Å². The smallest absolute Gasteiger partial charge is 0.127 e. The van der Waals surface area contributed by atoms with Crippen molar-refractivity contribution in [3.05, 3.63) is 34.1 Å². The minimum atomic E-state index is -0.115. The molecule has 0 aromatic heterocycles. The Kier molecular flexibility index (Phi) is 5.15. The van der Waals surface area contributed by atoms with E-state index in [0.29, 0.717) is 19.1 Å². The molecule has 0 saturated carbocycles. The molecule has 1 atom stereocenters. The third-order valence-electron chi connectivity index (χ3n) is 3.63. The Bertz CT molecular complexity index is 395. The molecule has 1 saturated heterocycles. The van der Waals surface area contributed by atoms with Crippen LogP contribution in [0.3, 0.4) is 0 Å². The molecule has 0 aliphatic carbocycles. The molecule has 1 aromatic rings. The lowest BCUT2D eigenvalue weighted by molar-refractivity contribution is 0.132. The molecule has 2 rings (SSSR count). The van der Waals surface area contributed by atoms with Crippen LogP contribution >= 0.6 is 15.9 Å². The number of rotatable bonds is 4. The number of hydrogen-bond donors (Lipinski definition) is 1. The second kappa shape index (κ2) is 6.64. The van der Waals surface area contributed by atoms with Crippen molar-refractivity contribution in [2.45, 2.75) is 38.3 Å². The summed E-state index contributed by atoms with van der Waals surface area (Å²) in [7, 11) is 0. The van der Waals surface area contributed by atoms with Crippen LogP contribution in [0.2, 0.25) is 0 Å². The fraction of sp³-hybridized carbons (Fsp3) is 0.571. The highest BCUT2D eigenvalue weighted by molar-refractivity contribution is 9.10.